The number of ether oxygens (including phenoxy) is 1. The number of hydrogen-bond donors (Lipinski definition) is 2. The van der Waals surface area contributed by atoms with Gasteiger partial charge in [-0.1, -0.05) is 25.5 Å². The maximum Gasteiger partial charge on any atom is 0.225 e. The van der Waals surface area contributed by atoms with Crippen LogP contribution in [0.15, 0.2) is 48.5 Å². The SMILES string of the molecule is CCCCOc1ccc(Nc2ccc(CNC(=O)C3CC(=O)N(CC)C3)cc2)cc1. The van der Waals surface area contributed by atoms with Crippen molar-refractivity contribution in [3.05, 3.63) is 54.1 Å². The Kier molecular flexibility index (Phi) is 7.71. The van der Waals surface area contributed by atoms with Crippen LogP contribution in [0.25, 0.3) is 0 Å². The van der Waals surface area contributed by atoms with Crippen molar-refractivity contribution in [2.24, 2.45) is 5.92 Å². The number of rotatable bonds is 10. The smallest absolute Gasteiger partial charge is 0.225 e. The molecule has 1 fully saturated rings. The van der Waals surface area contributed by atoms with E-state index >= 15 is 0 Å². The van der Waals surface area contributed by atoms with Crippen molar-refractivity contribution in [2.75, 3.05) is 25.0 Å². The van der Waals surface area contributed by atoms with Crippen LogP contribution in [-0.4, -0.2) is 36.4 Å². The largest absolute Gasteiger partial charge is 0.494 e. The molecule has 0 aromatic heterocycles. The molecule has 1 unspecified atom stereocenters. The first kappa shape index (κ1) is 21.7. The number of nitrogens with zero attached hydrogens (tertiary/aromatic N) is 1. The summed E-state index contributed by atoms with van der Waals surface area (Å²) in [5, 5.41) is 6.32. The number of carbonyl (C=O) groups excluding carboxylic acids is 2. The molecule has 30 heavy (non-hydrogen) atoms. The van der Waals surface area contributed by atoms with E-state index in [2.05, 4.69) is 17.6 Å². The molecule has 0 aliphatic carbocycles. The number of benzene rings is 2. The third-order valence-corrected chi connectivity index (χ3v) is 5.30. The summed E-state index contributed by atoms with van der Waals surface area (Å²) in [4.78, 5) is 25.9. The molecule has 0 spiro atoms. The molecule has 1 atom stereocenters. The number of carbonyl (C=O) groups is 2. The number of unbranched alkanes of at least 4 members (excludes halogenated alkanes) is 1. The van der Waals surface area contributed by atoms with E-state index < -0.39 is 0 Å². The lowest BCUT2D eigenvalue weighted by molar-refractivity contribution is -0.128. The van der Waals surface area contributed by atoms with E-state index in [1.165, 1.54) is 0 Å². The Morgan fingerprint density at radius 3 is 2.33 bits per heavy atom. The van der Waals surface area contributed by atoms with Gasteiger partial charge in [0.05, 0.1) is 12.5 Å². The molecule has 1 aliphatic heterocycles. The average Bonchev–Trinajstić information content (AvgIpc) is 3.15. The zero-order valence-electron chi connectivity index (χ0n) is 17.8. The zero-order valence-corrected chi connectivity index (χ0v) is 17.8. The molecule has 0 saturated carbocycles. The van der Waals surface area contributed by atoms with Crippen LogP contribution in [0.3, 0.4) is 0 Å². The van der Waals surface area contributed by atoms with E-state index in [1.54, 1.807) is 4.90 Å². The van der Waals surface area contributed by atoms with Crippen LogP contribution in [0.5, 0.6) is 5.75 Å². The zero-order chi connectivity index (χ0) is 21.3. The van der Waals surface area contributed by atoms with Crippen LogP contribution >= 0.6 is 0 Å². The van der Waals surface area contributed by atoms with Crippen molar-refractivity contribution in [2.45, 2.75) is 39.7 Å². The summed E-state index contributed by atoms with van der Waals surface area (Å²) in [7, 11) is 0. The van der Waals surface area contributed by atoms with Gasteiger partial charge in [0.1, 0.15) is 5.75 Å². The van der Waals surface area contributed by atoms with Gasteiger partial charge in [0.25, 0.3) is 0 Å². The van der Waals surface area contributed by atoms with Gasteiger partial charge in [0.2, 0.25) is 11.8 Å². The van der Waals surface area contributed by atoms with Crippen molar-refractivity contribution in [3.8, 4) is 5.75 Å². The number of anilines is 2. The molecule has 0 bridgehead atoms. The molecular weight excluding hydrogens is 378 g/mol. The van der Waals surface area contributed by atoms with Crippen molar-refractivity contribution in [1.29, 1.82) is 0 Å². The van der Waals surface area contributed by atoms with Crippen LogP contribution in [0.2, 0.25) is 0 Å². The van der Waals surface area contributed by atoms with Gasteiger partial charge in [-0.15, -0.1) is 0 Å². The van der Waals surface area contributed by atoms with Gasteiger partial charge in [-0.05, 0) is 55.3 Å². The normalized spacial score (nSPS) is 15.9. The van der Waals surface area contributed by atoms with Crippen LogP contribution in [0, 0.1) is 5.92 Å². The lowest BCUT2D eigenvalue weighted by atomic mass is 10.1. The van der Waals surface area contributed by atoms with Gasteiger partial charge < -0.3 is 20.3 Å². The molecule has 2 N–H and O–H groups in total. The van der Waals surface area contributed by atoms with E-state index in [9.17, 15) is 9.59 Å². The maximum absolute atomic E-state index is 12.3. The standard InChI is InChI=1S/C24H31N3O3/c1-3-5-14-30-22-12-10-21(11-13-22)26-20-8-6-18(7-9-20)16-25-24(29)19-15-23(28)27(4-2)17-19/h6-13,19,26H,3-5,14-17H2,1-2H3,(H,25,29). The minimum atomic E-state index is -0.243. The van der Waals surface area contributed by atoms with Crippen LogP contribution in [0.1, 0.15) is 38.7 Å². The molecule has 6 nitrogen and oxygen atoms in total. The Morgan fingerprint density at radius 2 is 1.73 bits per heavy atom. The fraction of sp³-hybridized carbons (Fsp3) is 0.417. The van der Waals surface area contributed by atoms with Crippen LogP contribution < -0.4 is 15.4 Å². The highest BCUT2D eigenvalue weighted by Gasteiger charge is 2.33. The third-order valence-electron chi connectivity index (χ3n) is 5.30. The average molecular weight is 410 g/mol. The molecule has 2 aromatic rings. The fourth-order valence-electron chi connectivity index (χ4n) is 3.43. The predicted octanol–water partition coefficient (Wildman–Crippen LogP) is 4.09. The van der Waals surface area contributed by atoms with Gasteiger partial charge in [-0.2, -0.15) is 0 Å². The summed E-state index contributed by atoms with van der Waals surface area (Å²) >= 11 is 0. The lowest BCUT2D eigenvalue weighted by Gasteiger charge is -2.14. The Morgan fingerprint density at radius 1 is 1.07 bits per heavy atom. The molecule has 1 aliphatic rings. The lowest BCUT2D eigenvalue weighted by Crippen LogP contribution is -2.32. The van der Waals surface area contributed by atoms with Gasteiger partial charge in [-0.3, -0.25) is 9.59 Å². The number of nitrogens with one attached hydrogen (secondary N) is 2. The monoisotopic (exact) mass is 409 g/mol. The summed E-state index contributed by atoms with van der Waals surface area (Å²) in [6.45, 7) is 6.46. The van der Waals surface area contributed by atoms with Crippen LogP contribution in [-0.2, 0) is 16.1 Å². The Balaban J connectivity index is 1.46. The first-order valence-corrected chi connectivity index (χ1v) is 10.7. The summed E-state index contributed by atoms with van der Waals surface area (Å²) in [5.74, 6) is 0.648. The Bertz CT molecular complexity index is 834. The number of likely N-dealkylation sites (tertiary alicyclic amines) is 1. The van der Waals surface area contributed by atoms with Crippen molar-refractivity contribution in [3.63, 3.8) is 0 Å². The fourth-order valence-corrected chi connectivity index (χ4v) is 3.43. The first-order valence-electron chi connectivity index (χ1n) is 10.7. The van der Waals surface area contributed by atoms with Gasteiger partial charge in [-0.25, -0.2) is 0 Å². The summed E-state index contributed by atoms with van der Waals surface area (Å²) in [6.07, 6.45) is 2.49. The molecule has 0 radical (unpaired) electrons. The Hall–Kier alpha value is -3.02. The third kappa shape index (κ3) is 5.99. The molecular formula is C24H31N3O3. The van der Waals surface area contributed by atoms with E-state index in [4.69, 9.17) is 4.74 Å². The van der Waals surface area contributed by atoms with Gasteiger partial charge in [0, 0.05) is 37.4 Å². The van der Waals surface area contributed by atoms with Crippen molar-refractivity contribution < 1.29 is 14.3 Å². The van der Waals surface area contributed by atoms with Gasteiger partial charge in [0.15, 0.2) is 0 Å². The molecule has 1 saturated heterocycles. The molecule has 2 amide bonds. The second kappa shape index (κ2) is 10.7. The highest BCUT2D eigenvalue weighted by atomic mass is 16.5. The molecule has 1 heterocycles. The second-order valence-electron chi connectivity index (χ2n) is 7.60. The van der Waals surface area contributed by atoms with Crippen molar-refractivity contribution >= 4 is 23.2 Å². The summed E-state index contributed by atoms with van der Waals surface area (Å²) < 4.78 is 5.68. The minimum Gasteiger partial charge on any atom is -0.494 e. The maximum atomic E-state index is 12.3. The summed E-state index contributed by atoms with van der Waals surface area (Å²) in [6, 6.07) is 15.9. The summed E-state index contributed by atoms with van der Waals surface area (Å²) in [5.41, 5.74) is 2.99. The highest BCUT2D eigenvalue weighted by Crippen LogP contribution is 2.21. The first-order chi connectivity index (χ1) is 14.6. The van der Waals surface area contributed by atoms with E-state index in [1.807, 2.05) is 55.5 Å². The predicted molar refractivity (Wildman–Crippen MR) is 119 cm³/mol. The van der Waals surface area contributed by atoms with E-state index in [-0.39, 0.29) is 17.7 Å². The molecule has 160 valence electrons. The topological polar surface area (TPSA) is 70.7 Å². The quantitative estimate of drug-likeness (QED) is 0.580. The highest BCUT2D eigenvalue weighted by molar-refractivity contribution is 5.89. The van der Waals surface area contributed by atoms with E-state index in [0.717, 1.165) is 42.1 Å². The van der Waals surface area contributed by atoms with Crippen LogP contribution in [0.4, 0.5) is 11.4 Å². The van der Waals surface area contributed by atoms with Crippen molar-refractivity contribution in [1.82, 2.24) is 10.2 Å². The minimum absolute atomic E-state index is 0.0530. The molecule has 6 heteroatoms. The Labute approximate surface area is 178 Å². The van der Waals surface area contributed by atoms with Gasteiger partial charge >= 0.3 is 0 Å². The molecule has 3 rings (SSSR count). The molecule has 2 aromatic carbocycles. The van der Waals surface area contributed by atoms with E-state index in [0.29, 0.717) is 26.1 Å². The second-order valence-corrected chi connectivity index (χ2v) is 7.60. The number of amides is 2. The number of hydrogen-bond acceptors (Lipinski definition) is 4.